The first-order valence-electron chi connectivity index (χ1n) is 3.15. The molecule has 5 nitrogen and oxygen atoms in total. The Balaban J connectivity index is 3.12. The number of nitrogens with one attached hydrogen (secondary N) is 1. The molecule has 0 bridgehead atoms. The molecule has 0 fully saturated rings. The molecule has 11 heavy (non-hydrogen) atoms. The number of aromatic nitrogens is 2. The van der Waals surface area contributed by atoms with Crippen molar-refractivity contribution in [3.8, 4) is 0 Å². The molecule has 1 aromatic heterocycles. The number of aliphatic hydroxyl groups is 1. The Morgan fingerprint density at radius 3 is 2.73 bits per heavy atom. The van der Waals surface area contributed by atoms with E-state index in [0.29, 0.717) is 5.69 Å². The molecule has 0 unspecified atom stereocenters. The first-order chi connectivity index (χ1) is 5.05. The Hall–Kier alpha value is -1.23. The van der Waals surface area contributed by atoms with Gasteiger partial charge in [-0.05, 0) is 19.0 Å². The SMILES string of the molecule is CC(C)(O)c1[nH]ncc1N=O. The smallest absolute Gasteiger partial charge is 0.151 e. The first kappa shape index (κ1) is 7.87. The largest absolute Gasteiger partial charge is 0.384 e. The minimum atomic E-state index is -1.10. The van der Waals surface area contributed by atoms with Crippen molar-refractivity contribution >= 4 is 5.69 Å². The van der Waals surface area contributed by atoms with Gasteiger partial charge in [-0.2, -0.15) is 5.10 Å². The van der Waals surface area contributed by atoms with E-state index in [1.165, 1.54) is 6.20 Å². The standard InChI is InChI=1S/C6H9N3O2/c1-6(2,10)5-4(9-11)3-7-8-5/h3,10H,1-2H3,(H,7,8). The van der Waals surface area contributed by atoms with Gasteiger partial charge in [-0.25, -0.2) is 0 Å². The Bertz CT molecular complexity index is 261. The summed E-state index contributed by atoms with van der Waals surface area (Å²) in [6.07, 6.45) is 1.28. The molecule has 0 aliphatic carbocycles. The van der Waals surface area contributed by atoms with Crippen LogP contribution < -0.4 is 0 Å². The highest BCUT2D eigenvalue weighted by atomic mass is 16.3. The van der Waals surface area contributed by atoms with E-state index in [2.05, 4.69) is 15.4 Å². The van der Waals surface area contributed by atoms with Crippen molar-refractivity contribution in [1.29, 1.82) is 0 Å². The zero-order valence-corrected chi connectivity index (χ0v) is 6.33. The summed E-state index contributed by atoms with van der Waals surface area (Å²) in [6, 6.07) is 0. The zero-order valence-electron chi connectivity index (χ0n) is 6.33. The van der Waals surface area contributed by atoms with Gasteiger partial charge in [0.25, 0.3) is 0 Å². The molecule has 1 rings (SSSR count). The molecule has 0 saturated heterocycles. The molecule has 0 amide bonds. The van der Waals surface area contributed by atoms with E-state index in [9.17, 15) is 10.0 Å². The summed E-state index contributed by atoms with van der Waals surface area (Å²) in [5, 5.41) is 18.2. The van der Waals surface area contributed by atoms with Crippen LogP contribution in [-0.4, -0.2) is 15.3 Å². The van der Waals surface area contributed by atoms with E-state index < -0.39 is 5.60 Å². The predicted octanol–water partition coefficient (Wildman–Crippen LogP) is 1.03. The zero-order chi connectivity index (χ0) is 8.48. The van der Waals surface area contributed by atoms with Gasteiger partial charge in [-0.15, -0.1) is 4.91 Å². The second-order valence-corrected chi connectivity index (χ2v) is 2.78. The minimum absolute atomic E-state index is 0.150. The Morgan fingerprint density at radius 2 is 2.36 bits per heavy atom. The molecule has 0 atom stereocenters. The average Bonchev–Trinajstić information content (AvgIpc) is 2.31. The van der Waals surface area contributed by atoms with Crippen molar-refractivity contribution in [2.24, 2.45) is 5.18 Å². The van der Waals surface area contributed by atoms with E-state index in [-0.39, 0.29) is 5.69 Å². The predicted molar refractivity (Wildman–Crippen MR) is 39.3 cm³/mol. The summed E-state index contributed by atoms with van der Waals surface area (Å²) in [5.74, 6) is 0. The monoisotopic (exact) mass is 155 g/mol. The lowest BCUT2D eigenvalue weighted by Gasteiger charge is -2.14. The van der Waals surface area contributed by atoms with Crippen LogP contribution in [0.3, 0.4) is 0 Å². The van der Waals surface area contributed by atoms with Crippen molar-refractivity contribution in [1.82, 2.24) is 10.2 Å². The van der Waals surface area contributed by atoms with Crippen LogP contribution in [0.4, 0.5) is 5.69 Å². The van der Waals surface area contributed by atoms with Gasteiger partial charge in [0.2, 0.25) is 0 Å². The van der Waals surface area contributed by atoms with Gasteiger partial charge in [0.15, 0.2) is 5.69 Å². The summed E-state index contributed by atoms with van der Waals surface area (Å²) in [7, 11) is 0. The van der Waals surface area contributed by atoms with Crippen LogP contribution in [0.15, 0.2) is 11.4 Å². The first-order valence-corrected chi connectivity index (χ1v) is 3.15. The van der Waals surface area contributed by atoms with Crippen molar-refractivity contribution in [3.05, 3.63) is 16.8 Å². The quantitative estimate of drug-likeness (QED) is 0.626. The van der Waals surface area contributed by atoms with Crippen molar-refractivity contribution < 1.29 is 5.11 Å². The van der Waals surface area contributed by atoms with Gasteiger partial charge >= 0.3 is 0 Å². The third-order valence-corrected chi connectivity index (χ3v) is 1.33. The molecule has 1 aromatic rings. The fourth-order valence-electron chi connectivity index (χ4n) is 0.799. The molecular weight excluding hydrogens is 146 g/mol. The van der Waals surface area contributed by atoms with Crippen LogP contribution in [0.25, 0.3) is 0 Å². The molecule has 5 heteroatoms. The summed E-state index contributed by atoms with van der Waals surface area (Å²) in [4.78, 5) is 10.1. The fourth-order valence-corrected chi connectivity index (χ4v) is 0.799. The van der Waals surface area contributed by atoms with E-state index in [0.717, 1.165) is 0 Å². The molecule has 0 aliphatic rings. The van der Waals surface area contributed by atoms with Crippen molar-refractivity contribution in [2.45, 2.75) is 19.4 Å². The molecule has 0 radical (unpaired) electrons. The second kappa shape index (κ2) is 2.43. The van der Waals surface area contributed by atoms with Crippen LogP contribution in [0.2, 0.25) is 0 Å². The number of aromatic amines is 1. The number of H-pyrrole nitrogens is 1. The van der Waals surface area contributed by atoms with Gasteiger partial charge in [-0.3, -0.25) is 5.10 Å². The number of rotatable bonds is 2. The summed E-state index contributed by atoms with van der Waals surface area (Å²) in [6.45, 7) is 3.10. The van der Waals surface area contributed by atoms with Crippen molar-refractivity contribution in [3.63, 3.8) is 0 Å². The summed E-state index contributed by atoms with van der Waals surface area (Å²) < 4.78 is 0. The average molecular weight is 155 g/mol. The minimum Gasteiger partial charge on any atom is -0.384 e. The third-order valence-electron chi connectivity index (χ3n) is 1.33. The maximum atomic E-state index is 10.1. The number of nitroso groups, excluding NO2 is 1. The maximum absolute atomic E-state index is 10.1. The Morgan fingerprint density at radius 1 is 1.73 bits per heavy atom. The third kappa shape index (κ3) is 1.43. The van der Waals surface area contributed by atoms with Gasteiger partial charge in [0, 0.05) is 0 Å². The molecule has 0 aromatic carbocycles. The van der Waals surface area contributed by atoms with Gasteiger partial charge in [0.05, 0.1) is 11.9 Å². The van der Waals surface area contributed by atoms with Gasteiger partial charge in [-0.1, -0.05) is 0 Å². The molecular formula is C6H9N3O2. The van der Waals surface area contributed by atoms with Crippen LogP contribution in [-0.2, 0) is 5.60 Å². The maximum Gasteiger partial charge on any atom is 0.151 e. The van der Waals surface area contributed by atoms with Crippen LogP contribution in [0.5, 0.6) is 0 Å². The Kier molecular flexibility index (Phi) is 1.74. The van der Waals surface area contributed by atoms with Crippen LogP contribution in [0.1, 0.15) is 19.5 Å². The van der Waals surface area contributed by atoms with Gasteiger partial charge in [0.1, 0.15) is 5.60 Å². The highest BCUT2D eigenvalue weighted by Gasteiger charge is 2.22. The fraction of sp³-hybridized carbons (Fsp3) is 0.500. The molecule has 0 spiro atoms. The summed E-state index contributed by atoms with van der Waals surface area (Å²) >= 11 is 0. The van der Waals surface area contributed by atoms with E-state index in [1.807, 2.05) is 0 Å². The molecule has 2 N–H and O–H groups in total. The molecule has 0 aliphatic heterocycles. The van der Waals surface area contributed by atoms with Crippen LogP contribution in [0, 0.1) is 4.91 Å². The molecule has 60 valence electrons. The summed E-state index contributed by atoms with van der Waals surface area (Å²) in [5.41, 5.74) is -0.607. The highest BCUT2D eigenvalue weighted by molar-refractivity contribution is 5.41. The molecule has 0 saturated carbocycles. The number of nitrogens with zero attached hydrogens (tertiary/aromatic N) is 2. The lowest BCUT2D eigenvalue weighted by atomic mass is 10.1. The van der Waals surface area contributed by atoms with E-state index in [1.54, 1.807) is 13.8 Å². The van der Waals surface area contributed by atoms with E-state index in [4.69, 9.17) is 0 Å². The van der Waals surface area contributed by atoms with Crippen molar-refractivity contribution in [2.75, 3.05) is 0 Å². The lowest BCUT2D eigenvalue weighted by Crippen LogP contribution is -2.16. The topological polar surface area (TPSA) is 78.3 Å². The van der Waals surface area contributed by atoms with Gasteiger partial charge < -0.3 is 5.11 Å². The molecule has 1 heterocycles. The highest BCUT2D eigenvalue weighted by Crippen LogP contribution is 2.26. The normalized spacial score (nSPS) is 11.5. The van der Waals surface area contributed by atoms with E-state index >= 15 is 0 Å². The number of hydrogen-bond acceptors (Lipinski definition) is 4. The second-order valence-electron chi connectivity index (χ2n) is 2.78. The Labute approximate surface area is 63.4 Å². The number of hydrogen-bond donors (Lipinski definition) is 2. The lowest BCUT2D eigenvalue weighted by molar-refractivity contribution is 0.0744. The van der Waals surface area contributed by atoms with Crippen LogP contribution >= 0.6 is 0 Å².